The second-order valence-electron chi connectivity index (χ2n) is 12.8. The molecule has 0 spiro atoms. The first-order valence-corrected chi connectivity index (χ1v) is 18.6. The molecule has 292 valence electrons. The summed E-state index contributed by atoms with van der Waals surface area (Å²) < 4.78 is 104. The Bertz CT molecular complexity index is 2710. The summed E-state index contributed by atoms with van der Waals surface area (Å²) >= 11 is 5.64. The fourth-order valence-corrected chi connectivity index (χ4v) is 6.12. The van der Waals surface area contributed by atoms with Crippen LogP contribution in [0.3, 0.4) is 0 Å². The lowest BCUT2D eigenvalue weighted by Gasteiger charge is -2.22. The molecule has 14 nitrogen and oxygen atoms in total. The molecular weight excluding hydrogens is 720 g/mol. The number of benzene rings is 2. The molecule has 2 saturated carbocycles. The van der Waals surface area contributed by atoms with Gasteiger partial charge in [0.2, 0.25) is 11.1 Å². The third kappa shape index (κ3) is 11.7. The zero-order chi connectivity index (χ0) is 49.0. The molecule has 0 saturated heterocycles. The number of fused-ring (bicyclic) bond motifs is 2. The van der Waals surface area contributed by atoms with Crippen LogP contribution < -0.4 is 15.9 Å². The van der Waals surface area contributed by atoms with E-state index in [0.29, 0.717) is 55.6 Å². The Morgan fingerprint density at radius 2 is 1.22 bits per heavy atom. The van der Waals surface area contributed by atoms with Gasteiger partial charge in [-0.2, -0.15) is 0 Å². The summed E-state index contributed by atoms with van der Waals surface area (Å²) in [5, 5.41) is 33.8. The largest absolute Gasteiger partial charge is 0.508 e. The van der Waals surface area contributed by atoms with Crippen LogP contribution in [0.15, 0.2) is 70.3 Å². The van der Waals surface area contributed by atoms with Gasteiger partial charge in [0.25, 0.3) is 0 Å². The van der Waals surface area contributed by atoms with Crippen molar-refractivity contribution in [2.24, 2.45) is 0 Å². The highest BCUT2D eigenvalue weighted by Gasteiger charge is 2.20. The smallest absolute Gasteiger partial charge is 0.248 e. The number of ether oxygens (including phenoxy) is 1. The van der Waals surface area contributed by atoms with Crippen molar-refractivity contribution in [1.29, 1.82) is 0 Å². The molecule has 55 heavy (non-hydrogen) atoms. The van der Waals surface area contributed by atoms with Gasteiger partial charge in [-0.05, 0) is 121 Å². The van der Waals surface area contributed by atoms with Crippen molar-refractivity contribution in [1.82, 2.24) is 50.4 Å². The lowest BCUT2D eigenvalue weighted by Crippen LogP contribution is -2.17. The van der Waals surface area contributed by atoms with E-state index in [0.717, 1.165) is 34.6 Å². The van der Waals surface area contributed by atoms with Crippen LogP contribution in [0.4, 0.5) is 0 Å². The summed E-state index contributed by atoms with van der Waals surface area (Å²) in [5.41, 5.74) is 1.19. The van der Waals surface area contributed by atoms with Crippen LogP contribution in [0, 0.1) is 0 Å². The Hall–Kier alpha value is -5.11. The van der Waals surface area contributed by atoms with E-state index in [9.17, 15) is 9.59 Å². The van der Waals surface area contributed by atoms with Gasteiger partial charge in [-0.1, -0.05) is 38.2 Å². The summed E-state index contributed by atoms with van der Waals surface area (Å²) in [4.78, 5) is 27.6. The summed E-state index contributed by atoms with van der Waals surface area (Å²) in [6.07, 6.45) is -11.0. The number of rotatable bonds is 12. The number of nitrogens with zero attached hydrogens (tertiary/aromatic N) is 8. The van der Waals surface area contributed by atoms with E-state index in [2.05, 4.69) is 41.0 Å². The van der Waals surface area contributed by atoms with E-state index in [4.69, 9.17) is 37.9 Å². The minimum Gasteiger partial charge on any atom is -0.508 e. The van der Waals surface area contributed by atoms with Crippen molar-refractivity contribution in [2.75, 3.05) is 12.5 Å². The highest BCUT2D eigenvalue weighted by molar-refractivity contribution is 6.17. The first-order chi connectivity index (χ1) is 31.4. The molecule has 15 heteroatoms. The van der Waals surface area contributed by atoms with E-state index >= 15 is 0 Å². The number of H-pyrrole nitrogens is 2. The summed E-state index contributed by atoms with van der Waals surface area (Å²) in [5.74, 6) is 2.51. The number of aromatic hydroxyl groups is 1. The highest BCUT2D eigenvalue weighted by atomic mass is 35.5. The normalized spacial score (nSPS) is 23.7. The molecule has 6 aromatic rings. The van der Waals surface area contributed by atoms with Crippen molar-refractivity contribution in [3.05, 3.63) is 93.0 Å². The van der Waals surface area contributed by atoms with Crippen LogP contribution >= 0.6 is 11.6 Å². The molecule has 0 atom stereocenters. The number of aromatic nitrogens is 10. The van der Waals surface area contributed by atoms with Crippen molar-refractivity contribution < 1.29 is 26.3 Å². The van der Waals surface area contributed by atoms with E-state index in [-0.39, 0.29) is 42.6 Å². The van der Waals surface area contributed by atoms with Gasteiger partial charge in [-0.3, -0.25) is 9.59 Å². The van der Waals surface area contributed by atoms with Crippen LogP contribution in [-0.4, -0.2) is 68.0 Å². The second kappa shape index (κ2) is 20.5. The predicted octanol–water partition coefficient (Wildman–Crippen LogP) is 7.40. The molecule has 4 aromatic heterocycles. The third-order valence-electron chi connectivity index (χ3n) is 8.77. The number of phenolic OH excluding ortho intramolecular Hbond substituents is 1. The number of phenols is 1. The van der Waals surface area contributed by atoms with Crippen molar-refractivity contribution >= 4 is 33.4 Å². The number of hydrogen-bond acceptors (Lipinski definition) is 10. The van der Waals surface area contributed by atoms with Gasteiger partial charge in [-0.15, -0.1) is 21.8 Å². The van der Waals surface area contributed by atoms with Crippen LogP contribution in [-0.2, 0) is 12.8 Å². The average Bonchev–Trinajstić information content (AvgIpc) is 3.93. The third-order valence-corrected chi connectivity index (χ3v) is 9.04. The molecule has 0 radical (unpaired) electrons. The topological polar surface area (TPSA) is 182 Å². The molecule has 0 aliphatic heterocycles. The van der Waals surface area contributed by atoms with Gasteiger partial charge in [0, 0.05) is 69.1 Å². The molecule has 2 aliphatic carbocycles. The predicted molar refractivity (Wildman–Crippen MR) is 213 cm³/mol. The molecule has 3 N–H and O–H groups in total. The molecule has 2 aliphatic rings. The zero-order valence-electron chi connectivity index (χ0n) is 42.0. The van der Waals surface area contributed by atoms with Gasteiger partial charge in [-0.25, -0.2) is 9.36 Å². The Morgan fingerprint density at radius 3 is 1.78 bits per heavy atom. The standard InChI is InChI=1S/C20H25N5O2.C11H19ClN4.C9H7NO2/c26-20-12-9-15-14-17(10-11-18(15)21-20)27-13-5-4-8-19-22-23-24-25(19)16-6-2-1-3-7-16;12-9-5-4-8-11-13-14-15-16(11)10-6-2-1-3-7-10;11-7-2-3-8-6(5-7)1-4-9(12)10-8/h9-12,14,16H,1-8,13H2,(H,21,26);10H,1-9H2;1-5,11H,(H,10,12)/i2*1D2,2D2,3D2;. The van der Waals surface area contributed by atoms with Crippen LogP contribution in [0.5, 0.6) is 11.5 Å². The Balaban J connectivity index is 0.000000186. The molecule has 8 rings (SSSR count). The van der Waals surface area contributed by atoms with E-state index in [1.54, 1.807) is 36.4 Å². The number of aromatic amines is 2. The number of hydrogen-bond donors (Lipinski definition) is 3. The Labute approximate surface area is 341 Å². The number of nitrogens with one attached hydrogen (secondary N) is 2. The van der Waals surface area contributed by atoms with Gasteiger partial charge < -0.3 is 19.8 Å². The molecule has 2 fully saturated rings. The Kier molecular flexibility index (Phi) is 9.95. The average molecular weight is 783 g/mol. The van der Waals surface area contributed by atoms with Gasteiger partial charge in [0.1, 0.15) is 11.5 Å². The maximum absolute atomic E-state index is 11.4. The van der Waals surface area contributed by atoms with Crippen LogP contribution in [0.2, 0.25) is 0 Å². The van der Waals surface area contributed by atoms with Crippen molar-refractivity contribution in [3.8, 4) is 11.5 Å². The van der Waals surface area contributed by atoms with Gasteiger partial charge in [0.15, 0.2) is 11.6 Å². The molecule has 2 aromatic carbocycles. The summed E-state index contributed by atoms with van der Waals surface area (Å²) in [7, 11) is 0. The van der Waals surface area contributed by atoms with Crippen molar-refractivity contribution in [2.45, 2.75) is 115 Å². The second-order valence-corrected chi connectivity index (χ2v) is 13.2. The summed E-state index contributed by atoms with van der Waals surface area (Å²) in [6.45, 7) is 0.463. The minimum absolute atomic E-state index is 0.131. The molecule has 4 heterocycles. The number of alkyl halides is 1. The van der Waals surface area contributed by atoms with Crippen LogP contribution in [0.25, 0.3) is 21.8 Å². The minimum atomic E-state index is -2.60. The molecular formula is C40H51ClN10O4. The molecule has 0 bridgehead atoms. The molecule has 0 amide bonds. The SMILES string of the molecule is O=c1ccc2cc(O)ccc2[nH]1.[2H]C1([2H])CC(n2nnnc2CCCCCl)CC([2H])([2H])C1([2H])[2H].[2H]C1([2H])CC(n2nnnc2CCCCOc2ccc3[nH]c(=O)ccc3c2)CC([2H])([2H])C1([2H])[2H]. The van der Waals surface area contributed by atoms with Gasteiger partial charge in [0.05, 0.1) is 18.7 Å². The number of pyridine rings is 2. The number of aryl methyl sites for hydroxylation is 2. The molecule has 0 unspecified atom stereocenters. The van der Waals surface area contributed by atoms with E-state index in [1.165, 1.54) is 27.6 Å². The lowest BCUT2D eigenvalue weighted by atomic mass is 9.95. The van der Waals surface area contributed by atoms with E-state index in [1.807, 2.05) is 6.07 Å². The fraction of sp³-hybridized carbons (Fsp3) is 0.500. The highest BCUT2D eigenvalue weighted by Crippen LogP contribution is 2.29. The zero-order valence-corrected chi connectivity index (χ0v) is 30.8. The lowest BCUT2D eigenvalue weighted by molar-refractivity contribution is 0.301. The quantitative estimate of drug-likeness (QED) is 0.0836. The monoisotopic (exact) mass is 782 g/mol. The van der Waals surface area contributed by atoms with Gasteiger partial charge >= 0.3 is 0 Å². The first-order valence-electron chi connectivity index (χ1n) is 24.1. The number of tetrazole rings is 2. The van der Waals surface area contributed by atoms with Crippen LogP contribution in [0.1, 0.15) is 130 Å². The fourth-order valence-electron chi connectivity index (χ4n) is 5.93. The maximum atomic E-state index is 11.4. The van der Waals surface area contributed by atoms with Crippen molar-refractivity contribution in [3.63, 3.8) is 0 Å². The number of unbranched alkanes of at least 4 members (excludes halogenated alkanes) is 2. The number of halogens is 1. The maximum Gasteiger partial charge on any atom is 0.248 e. The summed E-state index contributed by atoms with van der Waals surface area (Å²) in [6, 6.07) is 15.3. The Morgan fingerprint density at radius 1 is 0.691 bits per heavy atom. The van der Waals surface area contributed by atoms with E-state index < -0.39 is 50.3 Å². The first kappa shape index (κ1) is 26.7.